The Morgan fingerprint density at radius 3 is 2.94 bits per heavy atom. The fraction of sp³-hybridized carbons (Fsp3) is 0.417. The molecule has 0 unspecified atom stereocenters. The van der Waals surface area contributed by atoms with Crippen LogP contribution in [-0.4, -0.2) is 31.4 Å². The minimum atomic E-state index is -0.271. The molecule has 0 atom stereocenters. The molecule has 1 aromatic carbocycles. The minimum absolute atomic E-state index is 0.113. The number of esters is 1. The summed E-state index contributed by atoms with van der Waals surface area (Å²) in [4.78, 5) is 11.1. The molecule has 4 heteroatoms. The summed E-state index contributed by atoms with van der Waals surface area (Å²) in [6.45, 7) is 0.583. The van der Waals surface area contributed by atoms with Crippen LogP contribution in [0, 0.1) is 0 Å². The lowest BCUT2D eigenvalue weighted by molar-refractivity contribution is -0.139. The fourth-order valence-electron chi connectivity index (χ4n) is 1.24. The SMILES string of the molecule is COC(=O)Cc1cccc(OCCCO)c1. The van der Waals surface area contributed by atoms with Crippen LogP contribution in [0.2, 0.25) is 0 Å². The molecule has 1 N–H and O–H groups in total. The highest BCUT2D eigenvalue weighted by Crippen LogP contribution is 2.14. The molecule has 1 rings (SSSR count). The zero-order chi connectivity index (χ0) is 11.8. The number of carbonyl (C=O) groups is 1. The molecule has 4 nitrogen and oxygen atoms in total. The molecule has 0 aliphatic rings. The maximum atomic E-state index is 11.1. The topological polar surface area (TPSA) is 55.8 Å². The standard InChI is InChI=1S/C12H16O4/c1-15-12(14)9-10-4-2-5-11(8-10)16-7-3-6-13/h2,4-5,8,13H,3,6-7,9H2,1H3. The first-order valence-electron chi connectivity index (χ1n) is 5.15. The number of methoxy groups -OCH3 is 1. The number of rotatable bonds is 6. The molecular formula is C12H16O4. The van der Waals surface area contributed by atoms with E-state index in [2.05, 4.69) is 4.74 Å². The van der Waals surface area contributed by atoms with Crippen LogP contribution in [-0.2, 0) is 16.0 Å². The first-order valence-corrected chi connectivity index (χ1v) is 5.15. The van der Waals surface area contributed by atoms with E-state index in [0.717, 1.165) is 5.56 Å². The van der Waals surface area contributed by atoms with Crippen LogP contribution >= 0.6 is 0 Å². The summed E-state index contributed by atoms with van der Waals surface area (Å²) in [5.41, 5.74) is 0.855. The van der Waals surface area contributed by atoms with Crippen LogP contribution in [0.4, 0.5) is 0 Å². The van der Waals surface area contributed by atoms with Gasteiger partial charge in [0.1, 0.15) is 5.75 Å². The zero-order valence-electron chi connectivity index (χ0n) is 9.31. The Morgan fingerprint density at radius 1 is 1.44 bits per heavy atom. The predicted molar refractivity (Wildman–Crippen MR) is 59.4 cm³/mol. The first kappa shape index (κ1) is 12.5. The Kier molecular flexibility index (Phi) is 5.36. The van der Waals surface area contributed by atoms with E-state index in [0.29, 0.717) is 18.8 Å². The largest absolute Gasteiger partial charge is 0.493 e. The molecular weight excluding hydrogens is 208 g/mol. The Balaban J connectivity index is 2.53. The quantitative estimate of drug-likeness (QED) is 0.582. The monoisotopic (exact) mass is 224 g/mol. The number of carbonyl (C=O) groups excluding carboxylic acids is 1. The van der Waals surface area contributed by atoms with Crippen molar-refractivity contribution in [3.05, 3.63) is 29.8 Å². The number of hydrogen-bond donors (Lipinski definition) is 1. The van der Waals surface area contributed by atoms with Crippen LogP contribution in [0.1, 0.15) is 12.0 Å². The Labute approximate surface area is 94.8 Å². The first-order chi connectivity index (χ1) is 7.76. The number of benzene rings is 1. The van der Waals surface area contributed by atoms with E-state index in [4.69, 9.17) is 9.84 Å². The van der Waals surface area contributed by atoms with E-state index in [1.54, 1.807) is 6.07 Å². The van der Waals surface area contributed by atoms with Gasteiger partial charge in [0.2, 0.25) is 0 Å². The summed E-state index contributed by atoms with van der Waals surface area (Å²) in [5, 5.41) is 8.61. The summed E-state index contributed by atoms with van der Waals surface area (Å²) in [7, 11) is 1.37. The number of ether oxygens (including phenoxy) is 2. The number of hydrogen-bond acceptors (Lipinski definition) is 4. The molecule has 0 radical (unpaired) electrons. The molecule has 16 heavy (non-hydrogen) atoms. The van der Waals surface area contributed by atoms with Gasteiger partial charge < -0.3 is 14.6 Å². The van der Waals surface area contributed by atoms with Gasteiger partial charge in [-0.05, 0) is 17.7 Å². The van der Waals surface area contributed by atoms with Gasteiger partial charge in [0.25, 0.3) is 0 Å². The van der Waals surface area contributed by atoms with Crippen LogP contribution in [0.5, 0.6) is 5.75 Å². The normalized spacial score (nSPS) is 9.88. The molecule has 0 saturated heterocycles. The van der Waals surface area contributed by atoms with Crippen molar-refractivity contribution in [2.45, 2.75) is 12.8 Å². The van der Waals surface area contributed by atoms with Crippen molar-refractivity contribution >= 4 is 5.97 Å². The van der Waals surface area contributed by atoms with E-state index in [1.807, 2.05) is 18.2 Å². The van der Waals surface area contributed by atoms with Crippen molar-refractivity contribution < 1.29 is 19.4 Å². The van der Waals surface area contributed by atoms with Crippen molar-refractivity contribution in [2.24, 2.45) is 0 Å². The fourth-order valence-corrected chi connectivity index (χ4v) is 1.24. The summed E-state index contributed by atoms with van der Waals surface area (Å²) >= 11 is 0. The van der Waals surface area contributed by atoms with E-state index in [9.17, 15) is 4.79 Å². The number of aliphatic hydroxyl groups excluding tert-OH is 1. The second kappa shape index (κ2) is 6.85. The summed E-state index contributed by atoms with van der Waals surface area (Å²) in [5.74, 6) is 0.433. The molecule has 0 aliphatic heterocycles. The van der Waals surface area contributed by atoms with Crippen LogP contribution < -0.4 is 4.74 Å². The van der Waals surface area contributed by atoms with Gasteiger partial charge in [0.15, 0.2) is 0 Å². The summed E-state index contributed by atoms with van der Waals surface area (Å²) in [6.07, 6.45) is 0.842. The average Bonchev–Trinajstić information content (AvgIpc) is 2.30. The Hall–Kier alpha value is -1.55. The van der Waals surface area contributed by atoms with Crippen molar-refractivity contribution in [3.63, 3.8) is 0 Å². The molecule has 0 spiro atoms. The van der Waals surface area contributed by atoms with Gasteiger partial charge >= 0.3 is 5.97 Å². The lowest BCUT2D eigenvalue weighted by Crippen LogP contribution is -2.05. The molecule has 0 aliphatic carbocycles. The van der Waals surface area contributed by atoms with E-state index < -0.39 is 0 Å². The van der Waals surface area contributed by atoms with Gasteiger partial charge in [0.05, 0.1) is 20.1 Å². The lowest BCUT2D eigenvalue weighted by Gasteiger charge is -2.06. The zero-order valence-corrected chi connectivity index (χ0v) is 9.31. The van der Waals surface area contributed by atoms with Crippen molar-refractivity contribution in [1.29, 1.82) is 0 Å². The summed E-state index contributed by atoms with van der Waals surface area (Å²) < 4.78 is 9.97. The molecule has 0 bridgehead atoms. The molecule has 0 aromatic heterocycles. The van der Waals surface area contributed by atoms with Crippen molar-refractivity contribution in [1.82, 2.24) is 0 Å². The lowest BCUT2D eigenvalue weighted by atomic mass is 10.1. The highest BCUT2D eigenvalue weighted by Gasteiger charge is 2.03. The third kappa shape index (κ3) is 4.31. The minimum Gasteiger partial charge on any atom is -0.493 e. The highest BCUT2D eigenvalue weighted by molar-refractivity contribution is 5.72. The third-order valence-corrected chi connectivity index (χ3v) is 2.05. The Morgan fingerprint density at radius 2 is 2.25 bits per heavy atom. The van der Waals surface area contributed by atoms with Gasteiger partial charge in [-0.25, -0.2) is 0 Å². The van der Waals surface area contributed by atoms with Gasteiger partial charge in [0, 0.05) is 13.0 Å². The van der Waals surface area contributed by atoms with Crippen LogP contribution in [0.15, 0.2) is 24.3 Å². The Bertz CT molecular complexity index is 336. The summed E-state index contributed by atoms with van der Waals surface area (Å²) in [6, 6.07) is 7.29. The molecule has 0 heterocycles. The number of aliphatic hydroxyl groups is 1. The maximum Gasteiger partial charge on any atom is 0.309 e. The molecule has 1 aromatic rings. The van der Waals surface area contributed by atoms with Gasteiger partial charge in [-0.3, -0.25) is 4.79 Å². The van der Waals surface area contributed by atoms with Gasteiger partial charge in [-0.1, -0.05) is 12.1 Å². The second-order valence-corrected chi connectivity index (χ2v) is 3.33. The molecule has 0 fully saturated rings. The molecule has 0 saturated carbocycles. The molecule has 0 amide bonds. The predicted octanol–water partition coefficient (Wildman–Crippen LogP) is 1.16. The van der Waals surface area contributed by atoms with E-state index >= 15 is 0 Å². The van der Waals surface area contributed by atoms with Crippen LogP contribution in [0.25, 0.3) is 0 Å². The van der Waals surface area contributed by atoms with Crippen molar-refractivity contribution in [2.75, 3.05) is 20.3 Å². The second-order valence-electron chi connectivity index (χ2n) is 3.33. The highest BCUT2D eigenvalue weighted by atomic mass is 16.5. The van der Waals surface area contributed by atoms with E-state index in [1.165, 1.54) is 7.11 Å². The van der Waals surface area contributed by atoms with E-state index in [-0.39, 0.29) is 19.0 Å². The van der Waals surface area contributed by atoms with Gasteiger partial charge in [-0.2, -0.15) is 0 Å². The average molecular weight is 224 g/mol. The third-order valence-electron chi connectivity index (χ3n) is 2.05. The smallest absolute Gasteiger partial charge is 0.309 e. The molecule has 88 valence electrons. The maximum absolute atomic E-state index is 11.1. The van der Waals surface area contributed by atoms with Crippen LogP contribution in [0.3, 0.4) is 0 Å². The van der Waals surface area contributed by atoms with Crippen molar-refractivity contribution in [3.8, 4) is 5.75 Å². The van der Waals surface area contributed by atoms with Gasteiger partial charge in [-0.15, -0.1) is 0 Å².